The van der Waals surface area contributed by atoms with Crippen LogP contribution in [-0.4, -0.2) is 28.8 Å². The van der Waals surface area contributed by atoms with Crippen molar-refractivity contribution in [1.29, 1.82) is 0 Å². The number of anilines is 1. The van der Waals surface area contributed by atoms with Crippen molar-refractivity contribution in [2.75, 3.05) is 12.4 Å². The molecule has 0 saturated heterocycles. The van der Waals surface area contributed by atoms with E-state index in [-0.39, 0.29) is 18.9 Å². The van der Waals surface area contributed by atoms with Gasteiger partial charge in [-0.05, 0) is 18.2 Å². The minimum absolute atomic E-state index is 0.0116. The third-order valence-electron chi connectivity index (χ3n) is 3.02. The highest BCUT2D eigenvalue weighted by molar-refractivity contribution is 5.94. The highest BCUT2D eigenvalue weighted by atomic mass is 16.5. The van der Waals surface area contributed by atoms with Gasteiger partial charge in [0, 0.05) is 24.2 Å². The van der Waals surface area contributed by atoms with Gasteiger partial charge >= 0.3 is 5.97 Å². The van der Waals surface area contributed by atoms with E-state index in [2.05, 4.69) is 15.2 Å². The molecule has 0 aliphatic heterocycles. The summed E-state index contributed by atoms with van der Waals surface area (Å²) < 4.78 is 5.66. The number of esters is 1. The van der Waals surface area contributed by atoms with Crippen LogP contribution in [0.1, 0.15) is 16.8 Å². The first kappa shape index (κ1) is 16.2. The van der Waals surface area contributed by atoms with Gasteiger partial charge in [0.2, 0.25) is 5.91 Å². The van der Waals surface area contributed by atoms with Crippen LogP contribution in [0.3, 0.4) is 0 Å². The molecule has 0 radical (unpaired) electrons. The number of hydrogen-bond acceptors (Lipinski definition) is 5. The van der Waals surface area contributed by atoms with Crippen molar-refractivity contribution >= 4 is 17.6 Å². The summed E-state index contributed by atoms with van der Waals surface area (Å²) in [6.07, 6.45) is -0.0116. The fourth-order valence-electron chi connectivity index (χ4n) is 1.91. The molecule has 0 aliphatic rings. The lowest BCUT2D eigenvalue weighted by atomic mass is 10.2. The Morgan fingerprint density at radius 1 is 1.22 bits per heavy atom. The molecule has 0 unspecified atom stereocenters. The van der Waals surface area contributed by atoms with E-state index in [1.807, 2.05) is 0 Å². The first-order valence-corrected chi connectivity index (χ1v) is 6.78. The lowest BCUT2D eigenvalue weighted by Gasteiger charge is -2.08. The van der Waals surface area contributed by atoms with Gasteiger partial charge in [-0.15, -0.1) is 0 Å². The molecule has 1 aromatic carbocycles. The Hall–Kier alpha value is -3.16. The Morgan fingerprint density at radius 2 is 2.00 bits per heavy atom. The number of carbonyl (C=O) groups is 2. The summed E-state index contributed by atoms with van der Waals surface area (Å²) >= 11 is 0. The molecule has 23 heavy (non-hydrogen) atoms. The molecule has 8 heteroatoms. The van der Waals surface area contributed by atoms with Gasteiger partial charge in [-0.3, -0.25) is 19.5 Å². The van der Waals surface area contributed by atoms with E-state index in [0.29, 0.717) is 11.3 Å². The number of amides is 1. The molecular formula is C15H15N3O5. The molecule has 0 aliphatic carbocycles. The SMILES string of the molecule is COC(=O)c1cccc(NC(=O)CCn2[nH]c(=O)ccc2=O)c1. The summed E-state index contributed by atoms with van der Waals surface area (Å²) in [5.41, 5.74) is -0.0680. The number of methoxy groups -OCH3 is 1. The van der Waals surface area contributed by atoms with Gasteiger partial charge in [0.25, 0.3) is 11.1 Å². The number of nitrogens with one attached hydrogen (secondary N) is 2. The number of ether oxygens (including phenoxy) is 1. The topological polar surface area (TPSA) is 110 Å². The first-order valence-electron chi connectivity index (χ1n) is 6.78. The van der Waals surface area contributed by atoms with Crippen LogP contribution in [0, 0.1) is 0 Å². The van der Waals surface area contributed by atoms with Gasteiger partial charge in [0.1, 0.15) is 0 Å². The molecule has 2 N–H and O–H groups in total. The molecule has 2 aromatic rings. The van der Waals surface area contributed by atoms with Crippen LogP contribution in [0.25, 0.3) is 0 Å². The van der Waals surface area contributed by atoms with E-state index in [1.165, 1.54) is 13.2 Å². The third kappa shape index (κ3) is 4.40. The average molecular weight is 317 g/mol. The van der Waals surface area contributed by atoms with Crippen LogP contribution >= 0.6 is 0 Å². The van der Waals surface area contributed by atoms with Crippen LogP contribution in [0.15, 0.2) is 46.0 Å². The number of aromatic amines is 1. The quantitative estimate of drug-likeness (QED) is 0.773. The third-order valence-corrected chi connectivity index (χ3v) is 3.02. The maximum Gasteiger partial charge on any atom is 0.337 e. The maximum atomic E-state index is 11.9. The van der Waals surface area contributed by atoms with Crippen molar-refractivity contribution in [1.82, 2.24) is 9.78 Å². The molecule has 1 heterocycles. The van der Waals surface area contributed by atoms with Crippen LogP contribution in [0.2, 0.25) is 0 Å². The van der Waals surface area contributed by atoms with E-state index in [4.69, 9.17) is 0 Å². The Balaban J connectivity index is 2.00. The van der Waals surface area contributed by atoms with Gasteiger partial charge in [0.15, 0.2) is 0 Å². The zero-order valence-corrected chi connectivity index (χ0v) is 12.4. The molecule has 0 atom stereocenters. The molecule has 1 amide bonds. The van der Waals surface area contributed by atoms with Gasteiger partial charge in [-0.25, -0.2) is 9.48 Å². The van der Waals surface area contributed by atoms with Crippen molar-refractivity contribution in [3.05, 3.63) is 62.7 Å². The number of hydrogen-bond donors (Lipinski definition) is 2. The largest absolute Gasteiger partial charge is 0.465 e. The highest BCUT2D eigenvalue weighted by Crippen LogP contribution is 2.11. The average Bonchev–Trinajstić information content (AvgIpc) is 2.55. The second-order valence-corrected chi connectivity index (χ2v) is 4.67. The van der Waals surface area contributed by atoms with Crippen molar-refractivity contribution in [3.8, 4) is 0 Å². The monoisotopic (exact) mass is 317 g/mol. The smallest absolute Gasteiger partial charge is 0.337 e. The normalized spacial score (nSPS) is 10.1. The number of H-pyrrole nitrogens is 1. The van der Waals surface area contributed by atoms with Crippen molar-refractivity contribution in [3.63, 3.8) is 0 Å². The van der Waals surface area contributed by atoms with Gasteiger partial charge in [0.05, 0.1) is 19.2 Å². The Labute approximate surface area is 130 Å². The van der Waals surface area contributed by atoms with Crippen LogP contribution in [0.4, 0.5) is 5.69 Å². The minimum atomic E-state index is -0.505. The molecular weight excluding hydrogens is 302 g/mol. The number of rotatable bonds is 5. The number of carbonyl (C=O) groups excluding carboxylic acids is 2. The fraction of sp³-hybridized carbons (Fsp3) is 0.200. The van der Waals surface area contributed by atoms with E-state index in [0.717, 1.165) is 16.8 Å². The summed E-state index contributed by atoms with van der Waals surface area (Å²) in [7, 11) is 1.27. The van der Waals surface area contributed by atoms with Gasteiger partial charge < -0.3 is 10.1 Å². The van der Waals surface area contributed by atoms with Crippen LogP contribution in [-0.2, 0) is 16.1 Å². The number of aryl methyl sites for hydroxylation is 1. The Bertz CT molecular complexity index is 837. The zero-order chi connectivity index (χ0) is 16.8. The lowest BCUT2D eigenvalue weighted by molar-refractivity contribution is -0.116. The van der Waals surface area contributed by atoms with Gasteiger partial charge in [-0.2, -0.15) is 0 Å². The summed E-state index contributed by atoms with van der Waals surface area (Å²) in [5, 5.41) is 4.95. The molecule has 1 aromatic heterocycles. The predicted molar refractivity (Wildman–Crippen MR) is 82.4 cm³/mol. The number of nitrogens with zero attached hydrogens (tertiary/aromatic N) is 1. The van der Waals surface area contributed by atoms with Crippen LogP contribution in [0.5, 0.6) is 0 Å². The molecule has 0 saturated carbocycles. The van der Waals surface area contributed by atoms with Gasteiger partial charge in [-0.1, -0.05) is 6.07 Å². The predicted octanol–water partition coefficient (Wildman–Crippen LogP) is 0.352. The molecule has 0 spiro atoms. The maximum absolute atomic E-state index is 11.9. The standard InChI is InChI=1S/C15H15N3O5/c1-23-15(22)10-3-2-4-11(9-10)16-12(19)7-8-18-14(21)6-5-13(20)17-18/h2-6,9H,7-8H2,1H3,(H,16,19)(H,17,20). The molecule has 8 nitrogen and oxygen atoms in total. The highest BCUT2D eigenvalue weighted by Gasteiger charge is 2.08. The van der Waals surface area contributed by atoms with E-state index in [9.17, 15) is 19.2 Å². The van der Waals surface area contributed by atoms with Crippen molar-refractivity contribution in [2.45, 2.75) is 13.0 Å². The molecule has 120 valence electrons. The van der Waals surface area contributed by atoms with E-state index < -0.39 is 17.1 Å². The molecule has 2 rings (SSSR count). The summed E-state index contributed by atoms with van der Waals surface area (Å²) in [5.74, 6) is -0.863. The van der Waals surface area contributed by atoms with Crippen molar-refractivity contribution < 1.29 is 14.3 Å². The lowest BCUT2D eigenvalue weighted by Crippen LogP contribution is -2.29. The number of benzene rings is 1. The Morgan fingerprint density at radius 3 is 2.74 bits per heavy atom. The minimum Gasteiger partial charge on any atom is -0.465 e. The second kappa shape index (κ2) is 7.21. The van der Waals surface area contributed by atoms with E-state index in [1.54, 1.807) is 18.2 Å². The summed E-state index contributed by atoms with van der Waals surface area (Å²) in [6, 6.07) is 8.55. The molecule has 0 fully saturated rings. The van der Waals surface area contributed by atoms with Crippen molar-refractivity contribution in [2.24, 2.45) is 0 Å². The molecule has 0 bridgehead atoms. The second-order valence-electron chi connectivity index (χ2n) is 4.67. The first-order chi connectivity index (χ1) is 11.0. The summed E-state index contributed by atoms with van der Waals surface area (Å²) in [4.78, 5) is 46.0. The summed E-state index contributed by atoms with van der Waals surface area (Å²) in [6.45, 7) is 0.0391. The van der Waals surface area contributed by atoms with Crippen LogP contribution < -0.4 is 16.4 Å². The Kier molecular flexibility index (Phi) is 5.08. The fourth-order valence-corrected chi connectivity index (χ4v) is 1.91. The number of aromatic nitrogens is 2. The zero-order valence-electron chi connectivity index (χ0n) is 12.4. The van der Waals surface area contributed by atoms with E-state index >= 15 is 0 Å².